The molecule has 2 saturated heterocycles. The Hall–Kier alpha value is -0.410. The van der Waals surface area contributed by atoms with E-state index in [1.54, 1.807) is 0 Å². The number of fused-ring (bicyclic) bond motifs is 2. The highest BCUT2D eigenvalue weighted by atomic mass is 35.5. The standard InChI is InChI=1S/C9H11ClO3/c1-4(11)7-5-2-3-6(13-5)8(7)9(10)12/h5-8H,2-3H2,1H3. The third-order valence-corrected chi connectivity index (χ3v) is 3.26. The molecule has 0 aromatic rings. The minimum atomic E-state index is -0.424. The van der Waals surface area contributed by atoms with Crippen molar-refractivity contribution < 1.29 is 14.3 Å². The highest BCUT2D eigenvalue weighted by Crippen LogP contribution is 2.44. The van der Waals surface area contributed by atoms with Crippen molar-refractivity contribution in [1.29, 1.82) is 0 Å². The van der Waals surface area contributed by atoms with E-state index in [9.17, 15) is 9.59 Å². The first-order chi connectivity index (χ1) is 6.11. The summed E-state index contributed by atoms with van der Waals surface area (Å²) in [5.41, 5.74) is 0. The van der Waals surface area contributed by atoms with Gasteiger partial charge in [-0.1, -0.05) is 0 Å². The van der Waals surface area contributed by atoms with Crippen LogP contribution in [0.3, 0.4) is 0 Å². The molecule has 2 heterocycles. The third-order valence-electron chi connectivity index (χ3n) is 3.00. The highest BCUT2D eigenvalue weighted by Gasteiger charge is 2.53. The Morgan fingerprint density at radius 1 is 1.23 bits per heavy atom. The van der Waals surface area contributed by atoms with Crippen LogP contribution in [0.2, 0.25) is 0 Å². The molecule has 4 atom stereocenters. The predicted molar refractivity (Wildman–Crippen MR) is 46.4 cm³/mol. The Labute approximate surface area is 81.4 Å². The summed E-state index contributed by atoms with van der Waals surface area (Å²) in [7, 11) is 0. The van der Waals surface area contributed by atoms with Crippen LogP contribution >= 0.6 is 11.6 Å². The molecule has 2 rings (SSSR count). The van der Waals surface area contributed by atoms with Gasteiger partial charge < -0.3 is 4.74 Å². The molecule has 0 amide bonds. The third kappa shape index (κ3) is 1.30. The summed E-state index contributed by atoms with van der Waals surface area (Å²) in [6, 6.07) is 0. The number of carbonyl (C=O) groups excluding carboxylic acids is 2. The Kier molecular flexibility index (Phi) is 2.16. The molecule has 0 aromatic carbocycles. The van der Waals surface area contributed by atoms with Crippen LogP contribution in [0, 0.1) is 11.8 Å². The van der Waals surface area contributed by atoms with E-state index in [4.69, 9.17) is 16.3 Å². The van der Waals surface area contributed by atoms with Crippen molar-refractivity contribution in [3.8, 4) is 0 Å². The van der Waals surface area contributed by atoms with Crippen LogP contribution in [0.15, 0.2) is 0 Å². The number of rotatable bonds is 2. The van der Waals surface area contributed by atoms with Gasteiger partial charge in [0.2, 0.25) is 5.24 Å². The summed E-state index contributed by atoms with van der Waals surface area (Å²) in [4.78, 5) is 22.3. The maximum atomic E-state index is 11.3. The van der Waals surface area contributed by atoms with E-state index in [0.29, 0.717) is 0 Å². The van der Waals surface area contributed by atoms with Crippen molar-refractivity contribution in [2.45, 2.75) is 32.0 Å². The van der Waals surface area contributed by atoms with Crippen LogP contribution in [-0.4, -0.2) is 23.2 Å². The molecule has 4 heteroatoms. The number of halogens is 1. The van der Waals surface area contributed by atoms with Crippen LogP contribution in [-0.2, 0) is 14.3 Å². The molecule has 2 fully saturated rings. The maximum Gasteiger partial charge on any atom is 0.228 e. The summed E-state index contributed by atoms with van der Waals surface area (Å²) in [6.07, 6.45) is 1.58. The minimum absolute atomic E-state index is 0.0196. The van der Waals surface area contributed by atoms with Crippen LogP contribution < -0.4 is 0 Å². The molecule has 2 bridgehead atoms. The van der Waals surface area contributed by atoms with E-state index < -0.39 is 11.2 Å². The largest absolute Gasteiger partial charge is 0.373 e. The quantitative estimate of drug-likeness (QED) is 0.631. The van der Waals surface area contributed by atoms with Crippen molar-refractivity contribution >= 4 is 22.6 Å². The topological polar surface area (TPSA) is 43.4 Å². The molecule has 13 heavy (non-hydrogen) atoms. The molecule has 0 saturated carbocycles. The van der Waals surface area contributed by atoms with Crippen molar-refractivity contribution in [1.82, 2.24) is 0 Å². The first-order valence-electron chi connectivity index (χ1n) is 4.46. The van der Waals surface area contributed by atoms with Crippen molar-refractivity contribution in [3.05, 3.63) is 0 Å². The first-order valence-corrected chi connectivity index (χ1v) is 4.84. The van der Waals surface area contributed by atoms with Crippen molar-refractivity contribution in [2.24, 2.45) is 11.8 Å². The SMILES string of the molecule is CC(=O)C1C2CCC(O2)C1C(=O)Cl. The molecule has 0 aliphatic carbocycles. The monoisotopic (exact) mass is 202 g/mol. The van der Waals surface area contributed by atoms with Gasteiger partial charge in [-0.3, -0.25) is 9.59 Å². The maximum absolute atomic E-state index is 11.3. The van der Waals surface area contributed by atoms with Gasteiger partial charge in [-0.2, -0.15) is 0 Å². The van der Waals surface area contributed by atoms with E-state index in [0.717, 1.165) is 12.8 Å². The second kappa shape index (κ2) is 3.07. The van der Waals surface area contributed by atoms with Crippen LogP contribution in [0.4, 0.5) is 0 Å². The molecule has 0 N–H and O–H groups in total. The normalized spacial score (nSPS) is 42.3. The Bertz CT molecular complexity index is 238. The average Bonchev–Trinajstić information content (AvgIpc) is 2.60. The number of carbonyl (C=O) groups is 2. The Balaban J connectivity index is 2.24. The van der Waals surface area contributed by atoms with E-state index >= 15 is 0 Å². The second-order valence-electron chi connectivity index (χ2n) is 3.76. The van der Waals surface area contributed by atoms with Crippen LogP contribution in [0.1, 0.15) is 19.8 Å². The number of hydrogen-bond donors (Lipinski definition) is 0. The van der Waals surface area contributed by atoms with Gasteiger partial charge in [0.1, 0.15) is 5.78 Å². The number of hydrogen-bond acceptors (Lipinski definition) is 3. The van der Waals surface area contributed by atoms with Crippen LogP contribution in [0.5, 0.6) is 0 Å². The zero-order chi connectivity index (χ0) is 9.59. The van der Waals surface area contributed by atoms with E-state index in [1.807, 2.05) is 0 Å². The Morgan fingerprint density at radius 2 is 1.77 bits per heavy atom. The number of Topliss-reactive ketones (excluding diaryl/α,β-unsaturated/α-hetero) is 1. The van der Waals surface area contributed by atoms with Gasteiger partial charge in [-0.15, -0.1) is 0 Å². The molecule has 3 nitrogen and oxygen atoms in total. The van der Waals surface area contributed by atoms with Crippen molar-refractivity contribution in [3.63, 3.8) is 0 Å². The molecule has 72 valence electrons. The predicted octanol–water partition coefficient (Wildman–Crippen LogP) is 1.13. The van der Waals surface area contributed by atoms with Gasteiger partial charge in [0.25, 0.3) is 0 Å². The molecule has 2 aliphatic heterocycles. The lowest BCUT2D eigenvalue weighted by Gasteiger charge is -2.22. The molecule has 0 aromatic heterocycles. The first kappa shape index (κ1) is 9.16. The summed E-state index contributed by atoms with van der Waals surface area (Å²) >= 11 is 5.45. The van der Waals surface area contributed by atoms with Gasteiger partial charge in [-0.05, 0) is 31.4 Å². The van der Waals surface area contributed by atoms with Gasteiger partial charge in [0, 0.05) is 0 Å². The number of ketones is 1. The summed E-state index contributed by atoms with van der Waals surface area (Å²) in [5, 5.41) is -0.424. The fourth-order valence-electron chi connectivity index (χ4n) is 2.48. The molecular weight excluding hydrogens is 192 g/mol. The fourth-order valence-corrected chi connectivity index (χ4v) is 2.76. The van der Waals surface area contributed by atoms with Gasteiger partial charge >= 0.3 is 0 Å². The highest BCUT2D eigenvalue weighted by molar-refractivity contribution is 6.64. The lowest BCUT2D eigenvalue weighted by atomic mass is 9.78. The molecule has 0 radical (unpaired) electrons. The summed E-state index contributed by atoms with van der Waals surface area (Å²) in [6.45, 7) is 1.50. The molecule has 0 spiro atoms. The molecule has 2 aliphatic rings. The summed E-state index contributed by atoms with van der Waals surface area (Å²) < 4.78 is 5.49. The lowest BCUT2D eigenvalue weighted by molar-refractivity contribution is -0.127. The smallest absolute Gasteiger partial charge is 0.228 e. The van der Waals surface area contributed by atoms with Crippen molar-refractivity contribution in [2.75, 3.05) is 0 Å². The number of ether oxygens (including phenoxy) is 1. The van der Waals surface area contributed by atoms with E-state index in [-0.39, 0.29) is 23.9 Å². The zero-order valence-electron chi connectivity index (χ0n) is 7.33. The average molecular weight is 203 g/mol. The van der Waals surface area contributed by atoms with Gasteiger partial charge in [-0.25, -0.2) is 0 Å². The van der Waals surface area contributed by atoms with Gasteiger partial charge in [0.05, 0.1) is 24.0 Å². The Morgan fingerprint density at radius 3 is 2.15 bits per heavy atom. The molecular formula is C9H11ClO3. The minimum Gasteiger partial charge on any atom is -0.373 e. The molecule has 4 unspecified atom stereocenters. The zero-order valence-corrected chi connectivity index (χ0v) is 8.08. The summed E-state index contributed by atoms with van der Waals surface area (Å²) in [5.74, 6) is -0.659. The fraction of sp³-hybridized carbons (Fsp3) is 0.778. The van der Waals surface area contributed by atoms with Crippen LogP contribution in [0.25, 0.3) is 0 Å². The van der Waals surface area contributed by atoms with Gasteiger partial charge in [0.15, 0.2) is 0 Å². The van der Waals surface area contributed by atoms with E-state index in [2.05, 4.69) is 0 Å². The lowest BCUT2D eigenvalue weighted by Crippen LogP contribution is -2.35. The second-order valence-corrected chi connectivity index (χ2v) is 4.13. The van der Waals surface area contributed by atoms with E-state index in [1.165, 1.54) is 6.92 Å².